The molecule has 0 spiro atoms. The third kappa shape index (κ3) is 2.58. The van der Waals surface area contributed by atoms with Gasteiger partial charge in [0.05, 0.1) is 5.56 Å². The summed E-state index contributed by atoms with van der Waals surface area (Å²) >= 11 is 0. The largest absolute Gasteiger partial charge is 0.417 e. The van der Waals surface area contributed by atoms with Crippen LogP contribution in [0.1, 0.15) is 17.3 Å². The molecule has 0 amide bonds. The highest BCUT2D eigenvalue weighted by molar-refractivity contribution is 5.14. The van der Waals surface area contributed by atoms with Crippen LogP contribution in [0.25, 0.3) is 0 Å². The van der Waals surface area contributed by atoms with E-state index in [-0.39, 0.29) is 12.4 Å². The highest BCUT2D eigenvalue weighted by atomic mass is 19.4. The molecule has 0 aliphatic carbocycles. The quantitative estimate of drug-likeness (QED) is 0.822. The molecule has 0 fully saturated rings. The Morgan fingerprint density at radius 2 is 2.11 bits per heavy atom. The first-order valence-corrected chi connectivity index (χ1v) is 4.93. The topological polar surface area (TPSA) is 60.9 Å². The predicted molar refractivity (Wildman–Crippen MR) is 53.8 cm³/mol. The molecule has 0 saturated carbocycles. The monoisotopic (exact) mass is 259 g/mol. The number of pyridine rings is 1. The Balaban J connectivity index is 2.35. The first-order valence-electron chi connectivity index (χ1n) is 4.93. The van der Waals surface area contributed by atoms with E-state index in [1.54, 1.807) is 6.92 Å². The average Bonchev–Trinajstić information content (AvgIpc) is 2.66. The molecule has 18 heavy (non-hydrogen) atoms. The van der Waals surface area contributed by atoms with Gasteiger partial charge in [-0.15, -0.1) is 0 Å². The lowest BCUT2D eigenvalue weighted by molar-refractivity contribution is -0.138. The van der Waals surface area contributed by atoms with Crippen molar-refractivity contribution in [1.29, 1.82) is 0 Å². The lowest BCUT2D eigenvalue weighted by atomic mass is 10.3. The molecular weight excluding hydrogens is 251 g/mol. The third-order valence-corrected chi connectivity index (χ3v) is 2.19. The summed E-state index contributed by atoms with van der Waals surface area (Å²) in [5, 5.41) is 3.49. The molecule has 0 aliphatic rings. The molecule has 0 saturated heterocycles. The van der Waals surface area contributed by atoms with E-state index in [4.69, 9.17) is 4.52 Å². The minimum atomic E-state index is -4.50. The van der Waals surface area contributed by atoms with Crippen LogP contribution in [0.4, 0.5) is 13.2 Å². The molecule has 0 radical (unpaired) electrons. The van der Waals surface area contributed by atoms with Gasteiger partial charge in [0.15, 0.2) is 5.82 Å². The zero-order valence-electron chi connectivity index (χ0n) is 9.23. The second-order valence-corrected chi connectivity index (χ2v) is 3.62. The van der Waals surface area contributed by atoms with Crippen LogP contribution in [0.5, 0.6) is 0 Å². The highest BCUT2D eigenvalue weighted by Crippen LogP contribution is 2.28. The van der Waals surface area contributed by atoms with Gasteiger partial charge in [-0.05, 0) is 13.0 Å². The Morgan fingerprint density at radius 3 is 2.67 bits per heavy atom. The van der Waals surface area contributed by atoms with Crippen LogP contribution in [0.15, 0.2) is 27.6 Å². The fourth-order valence-corrected chi connectivity index (χ4v) is 1.37. The van der Waals surface area contributed by atoms with Gasteiger partial charge in [-0.3, -0.25) is 4.79 Å². The van der Waals surface area contributed by atoms with Crippen LogP contribution in [0.2, 0.25) is 0 Å². The molecule has 0 bridgehead atoms. The molecule has 96 valence electrons. The van der Waals surface area contributed by atoms with Crippen LogP contribution < -0.4 is 5.56 Å². The lowest BCUT2D eigenvalue weighted by Gasteiger charge is -2.08. The number of alkyl halides is 3. The van der Waals surface area contributed by atoms with Gasteiger partial charge in [0.25, 0.3) is 5.56 Å². The molecule has 2 heterocycles. The Labute approximate surface area is 98.9 Å². The summed E-state index contributed by atoms with van der Waals surface area (Å²) < 4.78 is 43.0. The number of aromatic nitrogens is 3. The molecule has 2 aromatic rings. The van der Waals surface area contributed by atoms with Crippen LogP contribution in [0.3, 0.4) is 0 Å². The van der Waals surface area contributed by atoms with Gasteiger partial charge < -0.3 is 9.09 Å². The van der Waals surface area contributed by atoms with Gasteiger partial charge in [-0.25, -0.2) is 0 Å². The zero-order chi connectivity index (χ0) is 13.3. The van der Waals surface area contributed by atoms with Gasteiger partial charge in [0, 0.05) is 12.3 Å². The molecule has 2 rings (SSSR count). The van der Waals surface area contributed by atoms with Crippen LogP contribution in [-0.2, 0) is 12.7 Å². The Hall–Kier alpha value is -2.12. The van der Waals surface area contributed by atoms with E-state index in [0.717, 1.165) is 22.9 Å². The predicted octanol–water partition coefficient (Wildman–Crippen LogP) is 1.61. The number of hydrogen-bond donors (Lipinski definition) is 0. The van der Waals surface area contributed by atoms with E-state index in [0.29, 0.717) is 5.82 Å². The summed E-state index contributed by atoms with van der Waals surface area (Å²) in [5.41, 5.74) is -1.47. The Bertz CT molecular complexity index is 615. The molecule has 0 unspecified atom stereocenters. The summed E-state index contributed by atoms with van der Waals surface area (Å²) in [7, 11) is 0. The second-order valence-electron chi connectivity index (χ2n) is 3.62. The standard InChI is InChI=1S/C10H8F3N3O2/c1-6-14-8(18-15-6)5-16-4-7(10(11,12)13)2-3-9(16)17/h2-4H,5H2,1H3. The number of nitrogens with zero attached hydrogens (tertiary/aromatic N) is 3. The summed E-state index contributed by atoms with van der Waals surface area (Å²) in [6, 6.07) is 1.59. The normalized spacial score (nSPS) is 11.8. The van der Waals surface area contributed by atoms with Crippen molar-refractivity contribution in [1.82, 2.24) is 14.7 Å². The average molecular weight is 259 g/mol. The van der Waals surface area contributed by atoms with Gasteiger partial charge in [-0.2, -0.15) is 18.2 Å². The van der Waals surface area contributed by atoms with Crippen molar-refractivity contribution in [2.24, 2.45) is 0 Å². The molecule has 2 aromatic heterocycles. The first-order chi connectivity index (χ1) is 8.36. The number of hydrogen-bond acceptors (Lipinski definition) is 4. The van der Waals surface area contributed by atoms with Gasteiger partial charge in [-0.1, -0.05) is 5.16 Å². The lowest BCUT2D eigenvalue weighted by Crippen LogP contribution is -2.22. The number of halogens is 3. The fraction of sp³-hybridized carbons (Fsp3) is 0.300. The zero-order valence-corrected chi connectivity index (χ0v) is 9.23. The van der Waals surface area contributed by atoms with Crippen molar-refractivity contribution in [2.45, 2.75) is 19.6 Å². The maximum atomic E-state index is 12.5. The molecular formula is C10H8F3N3O2. The molecule has 8 heteroatoms. The maximum Gasteiger partial charge on any atom is 0.417 e. The maximum absolute atomic E-state index is 12.5. The number of aryl methyl sites for hydroxylation is 1. The molecule has 0 aromatic carbocycles. The highest BCUT2D eigenvalue weighted by Gasteiger charge is 2.31. The molecule has 0 N–H and O–H groups in total. The Morgan fingerprint density at radius 1 is 1.39 bits per heavy atom. The first kappa shape index (κ1) is 12.3. The van der Waals surface area contributed by atoms with Crippen LogP contribution in [-0.4, -0.2) is 14.7 Å². The van der Waals surface area contributed by atoms with Crippen LogP contribution in [0, 0.1) is 6.92 Å². The van der Waals surface area contributed by atoms with E-state index in [1.165, 1.54) is 0 Å². The van der Waals surface area contributed by atoms with Crippen molar-refractivity contribution in [2.75, 3.05) is 0 Å². The molecule has 5 nitrogen and oxygen atoms in total. The minimum absolute atomic E-state index is 0.0777. The van der Waals surface area contributed by atoms with Gasteiger partial charge in [0.2, 0.25) is 5.89 Å². The SMILES string of the molecule is Cc1noc(Cn2cc(C(F)(F)F)ccc2=O)n1. The Kier molecular flexibility index (Phi) is 2.93. The van der Waals surface area contributed by atoms with Crippen molar-refractivity contribution in [3.8, 4) is 0 Å². The fourth-order valence-electron chi connectivity index (χ4n) is 1.37. The summed E-state index contributed by atoms with van der Waals surface area (Å²) in [6.07, 6.45) is -3.78. The van der Waals surface area contributed by atoms with E-state index in [9.17, 15) is 18.0 Å². The van der Waals surface area contributed by atoms with E-state index >= 15 is 0 Å². The second kappa shape index (κ2) is 4.28. The van der Waals surface area contributed by atoms with Crippen molar-refractivity contribution >= 4 is 0 Å². The summed E-state index contributed by atoms with van der Waals surface area (Å²) in [6.45, 7) is 1.38. The van der Waals surface area contributed by atoms with Crippen molar-refractivity contribution < 1.29 is 17.7 Å². The molecule has 0 aliphatic heterocycles. The summed E-state index contributed by atoms with van der Waals surface area (Å²) in [5.74, 6) is 0.430. The van der Waals surface area contributed by atoms with Crippen LogP contribution >= 0.6 is 0 Å². The third-order valence-electron chi connectivity index (χ3n) is 2.19. The minimum Gasteiger partial charge on any atom is -0.337 e. The van der Waals surface area contributed by atoms with E-state index in [1.807, 2.05) is 0 Å². The van der Waals surface area contributed by atoms with Gasteiger partial charge >= 0.3 is 6.18 Å². The summed E-state index contributed by atoms with van der Waals surface area (Å²) in [4.78, 5) is 15.2. The van der Waals surface area contributed by atoms with Crippen molar-refractivity contribution in [3.63, 3.8) is 0 Å². The smallest absolute Gasteiger partial charge is 0.337 e. The number of rotatable bonds is 2. The van der Waals surface area contributed by atoms with E-state index in [2.05, 4.69) is 10.1 Å². The van der Waals surface area contributed by atoms with Gasteiger partial charge in [0.1, 0.15) is 6.54 Å². The molecule has 0 atom stereocenters. The van der Waals surface area contributed by atoms with Crippen molar-refractivity contribution in [3.05, 3.63) is 46.0 Å². The van der Waals surface area contributed by atoms with E-state index < -0.39 is 17.3 Å².